The van der Waals surface area contributed by atoms with E-state index in [4.69, 9.17) is 4.74 Å². The summed E-state index contributed by atoms with van der Waals surface area (Å²) >= 11 is 0. The Hall–Kier alpha value is -3.35. The number of aromatic nitrogens is 1. The molecule has 2 saturated heterocycles. The van der Waals surface area contributed by atoms with Crippen molar-refractivity contribution in [2.45, 2.75) is 37.7 Å². The molecule has 0 radical (unpaired) electrons. The summed E-state index contributed by atoms with van der Waals surface area (Å²) in [5.74, 6) is -0.201. The van der Waals surface area contributed by atoms with Gasteiger partial charge in [0.1, 0.15) is 11.4 Å². The summed E-state index contributed by atoms with van der Waals surface area (Å²) in [5, 5.41) is 1.20. The van der Waals surface area contributed by atoms with E-state index in [-0.39, 0.29) is 11.7 Å². The molecule has 1 unspecified atom stereocenters. The zero-order chi connectivity index (χ0) is 23.0. The van der Waals surface area contributed by atoms with Gasteiger partial charge >= 0.3 is 6.09 Å². The number of para-hydroxylation sites is 1. The quantitative estimate of drug-likeness (QED) is 0.582. The number of fused-ring (bicyclic) bond motifs is 1. The van der Waals surface area contributed by atoms with Crippen LogP contribution < -0.4 is 4.90 Å². The van der Waals surface area contributed by atoms with Crippen LogP contribution in [0.15, 0.2) is 54.7 Å². The van der Waals surface area contributed by atoms with E-state index < -0.39 is 11.7 Å². The number of nitrogens with zero attached hydrogens (tertiary/aromatic N) is 3. The number of hydrogen-bond acceptors (Lipinski definition) is 3. The van der Waals surface area contributed by atoms with Crippen LogP contribution in [0, 0.1) is 5.82 Å². The molecule has 2 aromatic carbocycles. The second-order valence-corrected chi connectivity index (χ2v) is 9.13. The lowest BCUT2D eigenvalue weighted by Gasteiger charge is -2.25. The highest BCUT2D eigenvalue weighted by atomic mass is 19.1. The Kier molecular flexibility index (Phi) is 5.56. The Morgan fingerprint density at radius 2 is 1.88 bits per heavy atom. The molecule has 0 N–H and O–H groups in total. The zero-order valence-corrected chi connectivity index (χ0v) is 18.8. The third kappa shape index (κ3) is 4.19. The molecule has 7 heteroatoms. The molecule has 33 heavy (non-hydrogen) atoms. The summed E-state index contributed by atoms with van der Waals surface area (Å²) in [4.78, 5) is 29.1. The first kappa shape index (κ1) is 21.5. The largest absolute Gasteiger partial charge is 0.441 e. The number of aryl methyl sites for hydroxylation is 2. The average Bonchev–Trinajstić information content (AvgIpc) is 3.22. The Bertz CT molecular complexity index is 1190. The van der Waals surface area contributed by atoms with Crippen LogP contribution in [0.5, 0.6) is 0 Å². The van der Waals surface area contributed by atoms with Crippen molar-refractivity contribution in [3.05, 3.63) is 66.1 Å². The van der Waals surface area contributed by atoms with Gasteiger partial charge in [0, 0.05) is 55.8 Å². The number of anilines is 1. The van der Waals surface area contributed by atoms with E-state index in [1.807, 2.05) is 24.1 Å². The number of carbonyl (C=O) groups excluding carboxylic acids is 2. The molecular formula is C26H28FN3O3. The lowest BCUT2D eigenvalue weighted by molar-refractivity contribution is -0.131. The van der Waals surface area contributed by atoms with E-state index >= 15 is 0 Å². The molecule has 0 saturated carbocycles. The maximum Gasteiger partial charge on any atom is 0.415 e. The van der Waals surface area contributed by atoms with Gasteiger partial charge < -0.3 is 14.2 Å². The van der Waals surface area contributed by atoms with E-state index in [2.05, 4.69) is 22.9 Å². The Morgan fingerprint density at radius 1 is 1.09 bits per heavy atom. The van der Waals surface area contributed by atoms with Crippen LogP contribution in [0.4, 0.5) is 14.9 Å². The normalized spacial score (nSPS) is 21.0. The number of amides is 2. The molecule has 2 amide bonds. The van der Waals surface area contributed by atoms with Gasteiger partial charge in [0.15, 0.2) is 0 Å². The van der Waals surface area contributed by atoms with Crippen molar-refractivity contribution in [1.29, 1.82) is 0 Å². The molecular weight excluding hydrogens is 421 g/mol. The number of ether oxygens (including phenoxy) is 1. The van der Waals surface area contributed by atoms with Gasteiger partial charge in [-0.3, -0.25) is 9.69 Å². The van der Waals surface area contributed by atoms with E-state index in [1.54, 1.807) is 17.0 Å². The molecule has 1 aromatic heterocycles. The fourth-order valence-electron chi connectivity index (χ4n) is 5.14. The van der Waals surface area contributed by atoms with Gasteiger partial charge in [-0.05, 0) is 55.2 Å². The van der Waals surface area contributed by atoms with Gasteiger partial charge in [-0.1, -0.05) is 18.2 Å². The van der Waals surface area contributed by atoms with Crippen molar-refractivity contribution in [3.63, 3.8) is 0 Å². The van der Waals surface area contributed by atoms with E-state index in [0.717, 1.165) is 6.42 Å². The maximum absolute atomic E-state index is 13.3. The predicted molar refractivity (Wildman–Crippen MR) is 125 cm³/mol. The SMILES string of the molecule is Cn1cc(CCC(=O)N2CCCC3(CC2)CN(c2ccc(F)cc2)C(=O)O3)c2ccccc21. The highest BCUT2D eigenvalue weighted by molar-refractivity contribution is 5.90. The van der Waals surface area contributed by atoms with Gasteiger partial charge in [0.2, 0.25) is 5.91 Å². The number of benzene rings is 2. The molecule has 0 bridgehead atoms. The Labute approximate surface area is 192 Å². The minimum Gasteiger partial charge on any atom is -0.441 e. The topological polar surface area (TPSA) is 54.8 Å². The molecule has 2 aliphatic heterocycles. The van der Waals surface area contributed by atoms with Crippen molar-refractivity contribution in [2.24, 2.45) is 7.05 Å². The van der Waals surface area contributed by atoms with Gasteiger partial charge in [-0.25, -0.2) is 9.18 Å². The fraction of sp³-hybridized carbons (Fsp3) is 0.385. The average molecular weight is 450 g/mol. The van der Waals surface area contributed by atoms with E-state index in [9.17, 15) is 14.0 Å². The van der Waals surface area contributed by atoms with Crippen LogP contribution in [0.25, 0.3) is 10.9 Å². The minimum atomic E-state index is -0.601. The van der Waals surface area contributed by atoms with Crippen LogP contribution in [0.2, 0.25) is 0 Å². The van der Waals surface area contributed by atoms with Crippen LogP contribution in [0.3, 0.4) is 0 Å². The lowest BCUT2D eigenvalue weighted by Crippen LogP contribution is -2.37. The molecule has 6 nitrogen and oxygen atoms in total. The summed E-state index contributed by atoms with van der Waals surface area (Å²) in [6, 6.07) is 14.1. The standard InChI is InChI=1S/C26H28FN3O3/c1-28-17-19(22-5-2-3-6-23(22)28)7-12-24(31)29-15-4-13-26(14-16-29)18-30(25(32)33-26)21-10-8-20(27)9-11-21/h2-3,5-6,8-11,17H,4,7,12-16,18H2,1H3. The molecule has 3 aromatic rings. The lowest BCUT2D eigenvalue weighted by atomic mass is 9.95. The van der Waals surface area contributed by atoms with Gasteiger partial charge in [-0.2, -0.15) is 0 Å². The first-order chi connectivity index (χ1) is 15.9. The van der Waals surface area contributed by atoms with Gasteiger partial charge in [-0.15, -0.1) is 0 Å². The highest BCUT2D eigenvalue weighted by Gasteiger charge is 2.46. The van der Waals surface area contributed by atoms with E-state index in [1.165, 1.54) is 28.6 Å². The number of halogens is 1. The van der Waals surface area contributed by atoms with Crippen molar-refractivity contribution >= 4 is 28.6 Å². The Balaban J connectivity index is 1.21. The molecule has 3 heterocycles. The minimum absolute atomic E-state index is 0.139. The molecule has 1 atom stereocenters. The molecule has 1 spiro atoms. The van der Waals surface area contributed by atoms with Gasteiger partial charge in [0.05, 0.1) is 6.54 Å². The Morgan fingerprint density at radius 3 is 2.70 bits per heavy atom. The molecule has 5 rings (SSSR count). The second kappa shape index (κ2) is 8.54. The number of rotatable bonds is 4. The van der Waals surface area contributed by atoms with Crippen LogP contribution in [0.1, 0.15) is 31.2 Å². The van der Waals surface area contributed by atoms with Crippen molar-refractivity contribution in [1.82, 2.24) is 9.47 Å². The highest BCUT2D eigenvalue weighted by Crippen LogP contribution is 2.36. The molecule has 2 aliphatic rings. The van der Waals surface area contributed by atoms with Crippen molar-refractivity contribution in [2.75, 3.05) is 24.5 Å². The first-order valence-electron chi connectivity index (χ1n) is 11.5. The monoisotopic (exact) mass is 449 g/mol. The summed E-state index contributed by atoms with van der Waals surface area (Å²) < 4.78 is 21.2. The van der Waals surface area contributed by atoms with Crippen LogP contribution >= 0.6 is 0 Å². The maximum atomic E-state index is 13.3. The molecule has 2 fully saturated rings. The smallest absolute Gasteiger partial charge is 0.415 e. The van der Waals surface area contributed by atoms with Crippen molar-refractivity contribution in [3.8, 4) is 0 Å². The zero-order valence-electron chi connectivity index (χ0n) is 18.8. The second-order valence-electron chi connectivity index (χ2n) is 9.13. The summed E-state index contributed by atoms with van der Waals surface area (Å²) in [7, 11) is 2.03. The third-order valence-corrected chi connectivity index (χ3v) is 6.95. The summed E-state index contributed by atoms with van der Waals surface area (Å²) in [6.45, 7) is 1.67. The van der Waals surface area contributed by atoms with Crippen LogP contribution in [-0.4, -0.2) is 46.7 Å². The third-order valence-electron chi connectivity index (χ3n) is 6.95. The number of carbonyl (C=O) groups is 2. The van der Waals surface area contributed by atoms with E-state index in [0.29, 0.717) is 51.0 Å². The predicted octanol–water partition coefficient (Wildman–Crippen LogP) is 4.66. The van der Waals surface area contributed by atoms with Gasteiger partial charge in [0.25, 0.3) is 0 Å². The number of likely N-dealkylation sites (tertiary alicyclic amines) is 1. The summed E-state index contributed by atoms with van der Waals surface area (Å²) in [5.41, 5.74) is 2.39. The molecule has 172 valence electrons. The first-order valence-corrected chi connectivity index (χ1v) is 11.5. The van der Waals surface area contributed by atoms with Crippen molar-refractivity contribution < 1.29 is 18.7 Å². The number of hydrogen-bond donors (Lipinski definition) is 0. The van der Waals surface area contributed by atoms with Crippen LogP contribution in [-0.2, 0) is 23.0 Å². The fourth-order valence-corrected chi connectivity index (χ4v) is 5.14. The summed E-state index contributed by atoms with van der Waals surface area (Å²) in [6.07, 6.45) is 4.97. The molecule has 0 aliphatic carbocycles.